The van der Waals surface area contributed by atoms with Crippen molar-refractivity contribution in [1.29, 1.82) is 0 Å². The SMILES string of the molecule is CCS(=O)(=O)c1ccc2c(=O)n(C(CC3CCCCC3)C(=O)Nc3ncc(CO)s3)cnc2c1. The summed E-state index contributed by atoms with van der Waals surface area (Å²) in [7, 11) is -3.43. The fourth-order valence-electron chi connectivity index (χ4n) is 4.41. The summed E-state index contributed by atoms with van der Waals surface area (Å²) in [6, 6.07) is 3.50. The molecule has 1 aliphatic carbocycles. The second-order valence-corrected chi connectivity index (χ2v) is 12.0. The van der Waals surface area contributed by atoms with Crippen LogP contribution in [0.15, 0.2) is 40.4 Å². The van der Waals surface area contributed by atoms with Gasteiger partial charge in [0.2, 0.25) is 5.91 Å². The van der Waals surface area contributed by atoms with Gasteiger partial charge in [-0.25, -0.2) is 18.4 Å². The smallest absolute Gasteiger partial charge is 0.261 e. The Morgan fingerprint density at radius 1 is 1.26 bits per heavy atom. The van der Waals surface area contributed by atoms with Gasteiger partial charge in [0.15, 0.2) is 15.0 Å². The third kappa shape index (κ3) is 5.21. The number of benzene rings is 1. The van der Waals surface area contributed by atoms with E-state index >= 15 is 0 Å². The van der Waals surface area contributed by atoms with Crippen molar-refractivity contribution >= 4 is 43.1 Å². The molecule has 1 fully saturated rings. The second kappa shape index (κ2) is 10.3. The molecule has 1 amide bonds. The van der Waals surface area contributed by atoms with Gasteiger partial charge < -0.3 is 10.4 Å². The van der Waals surface area contributed by atoms with Crippen molar-refractivity contribution in [3.63, 3.8) is 0 Å². The molecule has 1 saturated carbocycles. The highest BCUT2D eigenvalue weighted by Gasteiger charge is 2.28. The van der Waals surface area contributed by atoms with Crippen molar-refractivity contribution in [3.8, 4) is 0 Å². The van der Waals surface area contributed by atoms with Crippen molar-refractivity contribution in [2.45, 2.75) is 63.0 Å². The first-order valence-electron chi connectivity index (χ1n) is 11.4. The third-order valence-corrected chi connectivity index (χ3v) is 8.98. The number of nitrogens with one attached hydrogen (secondary N) is 1. The first-order chi connectivity index (χ1) is 16.3. The number of amides is 1. The molecule has 4 rings (SSSR count). The lowest BCUT2D eigenvalue weighted by Gasteiger charge is -2.27. The minimum Gasteiger partial charge on any atom is -0.391 e. The van der Waals surface area contributed by atoms with E-state index in [1.807, 2.05) is 0 Å². The molecule has 11 heteroatoms. The Labute approximate surface area is 201 Å². The van der Waals surface area contributed by atoms with E-state index in [2.05, 4.69) is 15.3 Å². The van der Waals surface area contributed by atoms with Crippen LogP contribution in [0.25, 0.3) is 10.9 Å². The van der Waals surface area contributed by atoms with Gasteiger partial charge in [-0.2, -0.15) is 0 Å². The van der Waals surface area contributed by atoms with E-state index in [0.29, 0.717) is 22.3 Å². The van der Waals surface area contributed by atoms with E-state index in [-0.39, 0.29) is 34.1 Å². The number of aliphatic hydroxyl groups excluding tert-OH is 1. The number of nitrogens with zero attached hydrogens (tertiary/aromatic N) is 3. The molecule has 0 saturated heterocycles. The summed E-state index contributed by atoms with van der Waals surface area (Å²) in [5, 5.41) is 12.7. The number of hydrogen-bond donors (Lipinski definition) is 2. The van der Waals surface area contributed by atoms with Gasteiger partial charge in [0, 0.05) is 6.20 Å². The zero-order chi connectivity index (χ0) is 24.3. The van der Waals surface area contributed by atoms with Gasteiger partial charge >= 0.3 is 0 Å². The molecule has 1 aromatic carbocycles. The molecule has 0 spiro atoms. The summed E-state index contributed by atoms with van der Waals surface area (Å²) in [6.07, 6.45) is 8.72. The van der Waals surface area contributed by atoms with Crippen LogP contribution in [0.2, 0.25) is 0 Å². The maximum absolute atomic E-state index is 13.4. The summed E-state index contributed by atoms with van der Waals surface area (Å²) in [6.45, 7) is 1.40. The predicted octanol–water partition coefficient (Wildman–Crippen LogP) is 3.29. The number of sulfone groups is 1. The Morgan fingerprint density at radius 3 is 2.71 bits per heavy atom. The number of carbonyl (C=O) groups excluding carboxylic acids is 1. The fraction of sp³-hybridized carbons (Fsp3) is 0.478. The molecule has 182 valence electrons. The topological polar surface area (TPSA) is 131 Å². The van der Waals surface area contributed by atoms with Gasteiger partial charge in [-0.05, 0) is 30.5 Å². The summed E-state index contributed by atoms with van der Waals surface area (Å²) in [5.41, 5.74) is -0.114. The molecular weight excluding hydrogens is 476 g/mol. The van der Waals surface area contributed by atoms with E-state index in [0.717, 1.165) is 25.7 Å². The first kappa shape index (κ1) is 24.5. The molecule has 2 N–H and O–H groups in total. The zero-order valence-electron chi connectivity index (χ0n) is 18.9. The van der Waals surface area contributed by atoms with Crippen molar-refractivity contribution in [1.82, 2.24) is 14.5 Å². The third-order valence-electron chi connectivity index (χ3n) is 6.35. The van der Waals surface area contributed by atoms with Crippen LogP contribution in [0.4, 0.5) is 5.13 Å². The number of thiazole rings is 1. The average Bonchev–Trinajstić information content (AvgIpc) is 3.31. The first-order valence-corrected chi connectivity index (χ1v) is 13.9. The van der Waals surface area contributed by atoms with E-state index in [4.69, 9.17) is 0 Å². The molecule has 0 radical (unpaired) electrons. The standard InChI is InChI=1S/C23H28N4O5S2/c1-2-34(31,32)17-8-9-18-19(11-17)25-14-27(22(18)30)20(10-15-6-4-3-5-7-15)21(29)26-23-24-12-16(13-28)33-23/h8-9,11-12,14-15,20,28H,2-7,10,13H2,1H3,(H,24,26,29). The quantitative estimate of drug-likeness (QED) is 0.481. The number of carbonyl (C=O) groups is 1. The molecule has 1 atom stereocenters. The molecule has 3 aromatic rings. The zero-order valence-corrected chi connectivity index (χ0v) is 20.6. The summed E-state index contributed by atoms with van der Waals surface area (Å²) < 4.78 is 25.8. The van der Waals surface area contributed by atoms with Crippen LogP contribution in [-0.2, 0) is 21.2 Å². The average molecular weight is 505 g/mol. The van der Waals surface area contributed by atoms with Crippen molar-refractivity contribution in [2.75, 3.05) is 11.1 Å². The summed E-state index contributed by atoms with van der Waals surface area (Å²) in [4.78, 5) is 35.9. The van der Waals surface area contributed by atoms with Crippen LogP contribution < -0.4 is 10.9 Å². The number of hydrogen-bond acceptors (Lipinski definition) is 8. The summed E-state index contributed by atoms with van der Waals surface area (Å²) in [5.74, 6) is -0.0974. The van der Waals surface area contributed by atoms with E-state index < -0.39 is 21.4 Å². The highest BCUT2D eigenvalue weighted by atomic mass is 32.2. The maximum Gasteiger partial charge on any atom is 0.261 e. The highest BCUT2D eigenvalue weighted by Crippen LogP contribution is 2.31. The largest absolute Gasteiger partial charge is 0.391 e. The Kier molecular flexibility index (Phi) is 7.44. The maximum atomic E-state index is 13.4. The molecule has 0 bridgehead atoms. The lowest BCUT2D eigenvalue weighted by Crippen LogP contribution is -2.35. The lowest BCUT2D eigenvalue weighted by molar-refractivity contribution is -0.120. The lowest BCUT2D eigenvalue weighted by atomic mass is 9.84. The molecule has 1 aliphatic rings. The Morgan fingerprint density at radius 2 is 2.03 bits per heavy atom. The van der Waals surface area contributed by atoms with Crippen molar-refractivity contribution in [2.24, 2.45) is 5.92 Å². The van der Waals surface area contributed by atoms with Crippen LogP contribution >= 0.6 is 11.3 Å². The second-order valence-electron chi connectivity index (χ2n) is 8.57. The van der Waals surface area contributed by atoms with Crippen LogP contribution in [0.5, 0.6) is 0 Å². The Balaban J connectivity index is 1.70. The van der Waals surface area contributed by atoms with Gasteiger partial charge in [-0.1, -0.05) is 50.4 Å². The normalized spacial score (nSPS) is 15.9. The van der Waals surface area contributed by atoms with E-state index in [1.54, 1.807) is 6.92 Å². The van der Waals surface area contributed by atoms with Gasteiger partial charge in [-0.3, -0.25) is 14.2 Å². The van der Waals surface area contributed by atoms with Crippen molar-refractivity contribution < 1.29 is 18.3 Å². The number of fused-ring (bicyclic) bond motifs is 1. The minimum atomic E-state index is -3.43. The van der Waals surface area contributed by atoms with Gasteiger partial charge in [0.05, 0.1) is 39.4 Å². The molecule has 9 nitrogen and oxygen atoms in total. The number of aromatic nitrogens is 3. The van der Waals surface area contributed by atoms with E-state index in [9.17, 15) is 23.1 Å². The Hall–Kier alpha value is -2.63. The molecule has 2 aromatic heterocycles. The van der Waals surface area contributed by atoms with Gasteiger partial charge in [-0.15, -0.1) is 0 Å². The molecule has 0 aliphatic heterocycles. The number of rotatable bonds is 8. The van der Waals surface area contributed by atoms with Crippen molar-refractivity contribution in [3.05, 3.63) is 46.0 Å². The number of aliphatic hydroxyl groups is 1. The predicted molar refractivity (Wildman–Crippen MR) is 131 cm³/mol. The Bertz CT molecular complexity index is 1340. The summed E-state index contributed by atoms with van der Waals surface area (Å²) >= 11 is 1.18. The van der Waals surface area contributed by atoms with Crippen LogP contribution in [0.3, 0.4) is 0 Å². The van der Waals surface area contributed by atoms with E-state index in [1.165, 1.54) is 53.0 Å². The number of anilines is 1. The fourth-order valence-corrected chi connectivity index (χ4v) is 5.99. The van der Waals surface area contributed by atoms with Crippen LogP contribution in [-0.4, -0.2) is 39.7 Å². The minimum absolute atomic E-state index is 0.0477. The molecule has 1 unspecified atom stereocenters. The molecule has 2 heterocycles. The molecule has 34 heavy (non-hydrogen) atoms. The van der Waals surface area contributed by atoms with Crippen LogP contribution in [0, 0.1) is 5.92 Å². The molecular formula is C23H28N4O5S2. The monoisotopic (exact) mass is 504 g/mol. The van der Waals surface area contributed by atoms with Gasteiger partial charge in [0.1, 0.15) is 6.04 Å². The van der Waals surface area contributed by atoms with Gasteiger partial charge in [0.25, 0.3) is 5.56 Å². The van der Waals surface area contributed by atoms with Crippen LogP contribution in [0.1, 0.15) is 56.4 Å². The highest BCUT2D eigenvalue weighted by molar-refractivity contribution is 7.91.